The molecule has 0 fully saturated rings. The van der Waals surface area contributed by atoms with Gasteiger partial charge in [-0.15, -0.1) is 0 Å². The molecule has 8 heteroatoms. The Morgan fingerprint density at radius 2 is 1.92 bits per heavy atom. The summed E-state index contributed by atoms with van der Waals surface area (Å²) in [6.45, 7) is 1.47. The number of carbonyl (C=O) groups excluding carboxylic acids is 2. The minimum absolute atomic E-state index is 0.124. The zero-order valence-corrected chi connectivity index (χ0v) is 15.1. The molecule has 0 heterocycles. The Hall–Kier alpha value is -2.44. The van der Waals surface area contributed by atoms with Crippen LogP contribution in [0.15, 0.2) is 30.3 Å². The Morgan fingerprint density at radius 1 is 1.20 bits per heavy atom. The second-order valence-electron chi connectivity index (χ2n) is 5.16. The van der Waals surface area contributed by atoms with Crippen LogP contribution in [0.5, 0.6) is 11.5 Å². The van der Waals surface area contributed by atoms with Gasteiger partial charge in [0.2, 0.25) is 0 Å². The maximum Gasteiger partial charge on any atom is 0.255 e. The van der Waals surface area contributed by atoms with Crippen LogP contribution >= 0.6 is 23.2 Å². The highest BCUT2D eigenvalue weighted by molar-refractivity contribution is 6.33. The number of halogens is 2. The van der Waals surface area contributed by atoms with E-state index in [2.05, 4.69) is 5.32 Å². The number of nitrogens with one attached hydrogen (secondary N) is 1. The fourth-order valence-corrected chi connectivity index (χ4v) is 2.59. The van der Waals surface area contributed by atoms with Crippen molar-refractivity contribution in [3.8, 4) is 11.5 Å². The molecule has 0 aliphatic carbocycles. The maximum atomic E-state index is 12.5. The zero-order chi connectivity index (χ0) is 18.6. The van der Waals surface area contributed by atoms with Crippen LogP contribution in [-0.4, -0.2) is 25.5 Å². The number of amides is 2. The summed E-state index contributed by atoms with van der Waals surface area (Å²) in [5.74, 6) is -0.681. The number of rotatable bonds is 6. The highest BCUT2D eigenvalue weighted by atomic mass is 35.5. The first kappa shape index (κ1) is 18.9. The third kappa shape index (κ3) is 4.78. The maximum absolute atomic E-state index is 12.5. The van der Waals surface area contributed by atoms with E-state index in [4.69, 9.17) is 38.4 Å². The van der Waals surface area contributed by atoms with Crippen molar-refractivity contribution >= 4 is 40.7 Å². The molecule has 0 bridgehead atoms. The monoisotopic (exact) mass is 382 g/mol. The molecule has 132 valence electrons. The van der Waals surface area contributed by atoms with Crippen LogP contribution in [0.25, 0.3) is 0 Å². The number of hydrogen-bond donors (Lipinski definition) is 2. The molecule has 2 amide bonds. The summed E-state index contributed by atoms with van der Waals surface area (Å²) in [5.41, 5.74) is 6.76. The van der Waals surface area contributed by atoms with Crippen LogP contribution in [0.1, 0.15) is 15.9 Å². The highest BCUT2D eigenvalue weighted by Gasteiger charge is 2.17. The van der Waals surface area contributed by atoms with E-state index in [1.54, 1.807) is 18.2 Å². The van der Waals surface area contributed by atoms with Crippen molar-refractivity contribution in [3.63, 3.8) is 0 Å². The van der Waals surface area contributed by atoms with E-state index in [1.807, 2.05) is 6.92 Å². The molecule has 0 atom stereocenters. The summed E-state index contributed by atoms with van der Waals surface area (Å²) in [7, 11) is 1.40. The van der Waals surface area contributed by atoms with Crippen molar-refractivity contribution in [1.82, 2.24) is 0 Å². The Balaban J connectivity index is 2.27. The van der Waals surface area contributed by atoms with Crippen LogP contribution in [0.3, 0.4) is 0 Å². The summed E-state index contributed by atoms with van der Waals surface area (Å²) >= 11 is 12.0. The van der Waals surface area contributed by atoms with Crippen molar-refractivity contribution in [3.05, 3.63) is 51.5 Å². The summed E-state index contributed by atoms with van der Waals surface area (Å²) < 4.78 is 10.4. The van der Waals surface area contributed by atoms with Crippen LogP contribution < -0.4 is 20.5 Å². The molecule has 0 saturated carbocycles. The quantitative estimate of drug-likeness (QED) is 0.800. The van der Waals surface area contributed by atoms with Gasteiger partial charge in [0, 0.05) is 16.3 Å². The van der Waals surface area contributed by atoms with Gasteiger partial charge in [0.15, 0.2) is 18.1 Å². The first-order chi connectivity index (χ1) is 11.8. The van der Waals surface area contributed by atoms with E-state index < -0.39 is 5.91 Å². The first-order valence-corrected chi connectivity index (χ1v) is 7.93. The Bertz CT molecular complexity index is 825. The number of ether oxygens (including phenoxy) is 2. The molecular weight excluding hydrogens is 367 g/mol. The van der Waals surface area contributed by atoms with Gasteiger partial charge in [0.05, 0.1) is 12.1 Å². The molecule has 0 aliphatic heterocycles. The van der Waals surface area contributed by atoms with Gasteiger partial charge >= 0.3 is 0 Å². The van der Waals surface area contributed by atoms with Crippen LogP contribution in [0.2, 0.25) is 10.0 Å². The topological polar surface area (TPSA) is 90.7 Å². The lowest BCUT2D eigenvalue weighted by Gasteiger charge is -2.14. The smallest absolute Gasteiger partial charge is 0.255 e. The number of primary amides is 1. The minimum Gasteiger partial charge on any atom is -0.493 e. The largest absolute Gasteiger partial charge is 0.493 e. The number of carbonyl (C=O) groups is 2. The summed E-state index contributed by atoms with van der Waals surface area (Å²) in [5, 5.41) is 3.48. The van der Waals surface area contributed by atoms with E-state index in [0.29, 0.717) is 10.7 Å². The third-order valence-electron chi connectivity index (χ3n) is 3.29. The number of anilines is 1. The zero-order valence-electron chi connectivity index (χ0n) is 13.6. The van der Waals surface area contributed by atoms with E-state index in [-0.39, 0.29) is 34.6 Å². The average molecular weight is 383 g/mol. The van der Waals surface area contributed by atoms with Crippen molar-refractivity contribution in [2.75, 3.05) is 19.0 Å². The predicted octanol–water partition coefficient (Wildman–Crippen LogP) is 3.43. The molecule has 0 spiro atoms. The minimum atomic E-state index is -0.654. The predicted molar refractivity (Wildman–Crippen MR) is 96.8 cm³/mol. The number of aryl methyl sites for hydroxylation is 1. The van der Waals surface area contributed by atoms with E-state index in [1.165, 1.54) is 19.2 Å². The number of benzene rings is 2. The van der Waals surface area contributed by atoms with E-state index in [0.717, 1.165) is 5.56 Å². The molecule has 6 nitrogen and oxygen atoms in total. The lowest BCUT2D eigenvalue weighted by atomic mass is 10.1. The Labute approximate surface area is 154 Å². The van der Waals surface area contributed by atoms with Gasteiger partial charge in [-0.05, 0) is 42.8 Å². The molecular formula is C17H16Cl2N2O4. The normalized spacial score (nSPS) is 10.2. The van der Waals surface area contributed by atoms with Crippen LogP contribution in [0.4, 0.5) is 5.69 Å². The first-order valence-electron chi connectivity index (χ1n) is 7.18. The van der Waals surface area contributed by atoms with Crippen molar-refractivity contribution in [2.24, 2.45) is 5.73 Å². The Kier molecular flexibility index (Phi) is 6.12. The number of nitrogens with two attached hydrogens (primary N) is 1. The van der Waals surface area contributed by atoms with Gasteiger partial charge in [0.1, 0.15) is 0 Å². The summed E-state index contributed by atoms with van der Waals surface area (Å²) in [6.07, 6.45) is 0. The number of methoxy groups -OCH3 is 1. The van der Waals surface area contributed by atoms with Gasteiger partial charge in [-0.3, -0.25) is 9.59 Å². The van der Waals surface area contributed by atoms with Crippen LogP contribution in [0, 0.1) is 6.92 Å². The van der Waals surface area contributed by atoms with E-state index >= 15 is 0 Å². The molecule has 0 aromatic heterocycles. The molecule has 2 aromatic carbocycles. The molecule has 0 saturated heterocycles. The SMILES string of the molecule is COc1cc(C(=O)Nc2ccc(Cl)cc2C)cc(Cl)c1OCC(N)=O. The van der Waals surface area contributed by atoms with Crippen molar-refractivity contribution in [1.29, 1.82) is 0 Å². The van der Waals surface area contributed by atoms with E-state index in [9.17, 15) is 9.59 Å². The highest BCUT2D eigenvalue weighted by Crippen LogP contribution is 2.36. The number of hydrogen-bond acceptors (Lipinski definition) is 4. The fraction of sp³-hybridized carbons (Fsp3) is 0.176. The van der Waals surface area contributed by atoms with Gasteiger partial charge in [-0.2, -0.15) is 0 Å². The fourth-order valence-electron chi connectivity index (χ4n) is 2.10. The average Bonchev–Trinajstić information content (AvgIpc) is 2.55. The molecule has 0 radical (unpaired) electrons. The van der Waals surface area contributed by atoms with Gasteiger partial charge < -0.3 is 20.5 Å². The molecule has 0 unspecified atom stereocenters. The molecule has 2 aromatic rings. The standard InChI is InChI=1S/C17H16Cl2N2O4/c1-9-5-11(18)3-4-13(9)21-17(23)10-6-12(19)16(14(7-10)24-2)25-8-15(20)22/h3-7H,8H2,1-2H3,(H2,20,22)(H,21,23). The Morgan fingerprint density at radius 3 is 2.52 bits per heavy atom. The summed E-state index contributed by atoms with van der Waals surface area (Å²) in [4.78, 5) is 23.3. The second kappa shape index (κ2) is 8.09. The second-order valence-corrected chi connectivity index (χ2v) is 6.00. The van der Waals surface area contributed by atoms with Crippen molar-refractivity contribution in [2.45, 2.75) is 6.92 Å². The van der Waals surface area contributed by atoms with Crippen molar-refractivity contribution < 1.29 is 19.1 Å². The molecule has 3 N–H and O–H groups in total. The van der Waals surface area contributed by atoms with Gasteiger partial charge in [-0.25, -0.2) is 0 Å². The molecule has 25 heavy (non-hydrogen) atoms. The van der Waals surface area contributed by atoms with Gasteiger partial charge in [-0.1, -0.05) is 23.2 Å². The lowest BCUT2D eigenvalue weighted by molar-refractivity contribution is -0.119. The summed E-state index contributed by atoms with van der Waals surface area (Å²) in [6, 6.07) is 8.01. The third-order valence-corrected chi connectivity index (χ3v) is 3.80. The van der Waals surface area contributed by atoms with Crippen LogP contribution in [-0.2, 0) is 4.79 Å². The molecule has 0 aliphatic rings. The lowest BCUT2D eigenvalue weighted by Crippen LogP contribution is -2.20. The van der Waals surface area contributed by atoms with Gasteiger partial charge in [0.25, 0.3) is 11.8 Å². The molecule has 2 rings (SSSR count).